The number of benzene rings is 1. The zero-order valence-corrected chi connectivity index (χ0v) is 14.0. The van der Waals surface area contributed by atoms with Crippen LogP contribution in [0.5, 0.6) is 5.75 Å². The quantitative estimate of drug-likeness (QED) is 0.921. The fraction of sp³-hybridized carbons (Fsp3) is 0.611. The number of amides is 1. The summed E-state index contributed by atoms with van der Waals surface area (Å²) in [5, 5.41) is 3.05. The first-order chi connectivity index (χ1) is 11.1. The van der Waals surface area contributed by atoms with Gasteiger partial charge in [0.15, 0.2) is 0 Å². The SMILES string of the molecule is Cc1ccc2c(c1)CN(CCC(=O)N[C@@H]1CCOC1)C[C@H](C)O2. The van der Waals surface area contributed by atoms with Crippen molar-refractivity contribution in [2.24, 2.45) is 0 Å². The van der Waals surface area contributed by atoms with E-state index in [1.807, 2.05) is 0 Å². The third kappa shape index (κ3) is 4.45. The highest BCUT2D eigenvalue weighted by molar-refractivity contribution is 5.76. The second kappa shape index (κ2) is 7.32. The molecule has 2 aliphatic heterocycles. The molecule has 0 saturated carbocycles. The van der Waals surface area contributed by atoms with Gasteiger partial charge in [-0.15, -0.1) is 0 Å². The van der Waals surface area contributed by atoms with Gasteiger partial charge < -0.3 is 14.8 Å². The molecule has 0 bridgehead atoms. The van der Waals surface area contributed by atoms with Gasteiger partial charge in [0.05, 0.1) is 12.6 Å². The number of hydrogen-bond acceptors (Lipinski definition) is 4. The van der Waals surface area contributed by atoms with Crippen molar-refractivity contribution < 1.29 is 14.3 Å². The standard InChI is InChI=1S/C18H26N2O3/c1-13-3-4-17-15(9-13)11-20(10-14(2)23-17)7-5-18(21)19-16-6-8-22-12-16/h3-4,9,14,16H,5-8,10-12H2,1-2H3,(H,19,21)/t14-,16+/m0/s1. The van der Waals surface area contributed by atoms with Gasteiger partial charge >= 0.3 is 0 Å². The van der Waals surface area contributed by atoms with Crippen LogP contribution in [0.4, 0.5) is 0 Å². The molecule has 1 aromatic rings. The minimum absolute atomic E-state index is 0.114. The molecule has 0 unspecified atom stereocenters. The van der Waals surface area contributed by atoms with Gasteiger partial charge in [-0.2, -0.15) is 0 Å². The Kier molecular flexibility index (Phi) is 5.18. The molecule has 3 rings (SSSR count). The van der Waals surface area contributed by atoms with E-state index >= 15 is 0 Å². The number of aryl methyl sites for hydroxylation is 1. The second-order valence-corrected chi connectivity index (χ2v) is 6.65. The van der Waals surface area contributed by atoms with Gasteiger partial charge in [0.1, 0.15) is 11.9 Å². The number of hydrogen-bond donors (Lipinski definition) is 1. The first kappa shape index (κ1) is 16.3. The molecule has 1 N–H and O–H groups in total. The van der Waals surface area contributed by atoms with E-state index < -0.39 is 0 Å². The molecule has 5 heteroatoms. The van der Waals surface area contributed by atoms with Crippen LogP contribution in [0.2, 0.25) is 0 Å². The largest absolute Gasteiger partial charge is 0.489 e. The number of nitrogens with zero attached hydrogens (tertiary/aromatic N) is 1. The molecule has 1 saturated heterocycles. The van der Waals surface area contributed by atoms with Crippen LogP contribution in [0, 0.1) is 6.92 Å². The van der Waals surface area contributed by atoms with E-state index in [0.29, 0.717) is 13.0 Å². The fourth-order valence-corrected chi connectivity index (χ4v) is 3.25. The maximum Gasteiger partial charge on any atom is 0.221 e. The van der Waals surface area contributed by atoms with E-state index in [0.717, 1.165) is 38.4 Å². The second-order valence-electron chi connectivity index (χ2n) is 6.65. The summed E-state index contributed by atoms with van der Waals surface area (Å²) in [4.78, 5) is 14.4. The van der Waals surface area contributed by atoms with E-state index in [2.05, 4.69) is 42.3 Å². The van der Waals surface area contributed by atoms with Crippen LogP contribution < -0.4 is 10.1 Å². The summed E-state index contributed by atoms with van der Waals surface area (Å²) in [5.74, 6) is 1.08. The van der Waals surface area contributed by atoms with E-state index in [1.54, 1.807) is 0 Å². The molecule has 2 heterocycles. The van der Waals surface area contributed by atoms with E-state index in [9.17, 15) is 4.79 Å². The van der Waals surface area contributed by atoms with Gasteiger partial charge in [-0.3, -0.25) is 9.69 Å². The smallest absolute Gasteiger partial charge is 0.221 e. The minimum atomic E-state index is 0.114. The van der Waals surface area contributed by atoms with Crippen molar-refractivity contribution >= 4 is 5.91 Å². The van der Waals surface area contributed by atoms with Crippen molar-refractivity contribution in [2.45, 2.75) is 45.4 Å². The molecular weight excluding hydrogens is 292 g/mol. The van der Waals surface area contributed by atoms with Gasteiger partial charge in [-0.1, -0.05) is 17.7 Å². The molecule has 1 fully saturated rings. The predicted octanol–water partition coefficient (Wildman–Crippen LogP) is 1.87. The van der Waals surface area contributed by atoms with Crippen LogP contribution >= 0.6 is 0 Å². The Hall–Kier alpha value is -1.59. The first-order valence-corrected chi connectivity index (χ1v) is 8.46. The van der Waals surface area contributed by atoms with Crippen LogP contribution in [-0.4, -0.2) is 49.3 Å². The third-order valence-corrected chi connectivity index (χ3v) is 4.40. The Balaban J connectivity index is 1.55. The Bertz CT molecular complexity index is 555. The number of fused-ring (bicyclic) bond motifs is 1. The highest BCUT2D eigenvalue weighted by Gasteiger charge is 2.22. The number of carbonyl (C=O) groups excluding carboxylic acids is 1. The van der Waals surface area contributed by atoms with Gasteiger partial charge in [0, 0.05) is 38.2 Å². The maximum absolute atomic E-state index is 12.1. The lowest BCUT2D eigenvalue weighted by molar-refractivity contribution is -0.122. The van der Waals surface area contributed by atoms with Crippen molar-refractivity contribution in [2.75, 3.05) is 26.3 Å². The third-order valence-electron chi connectivity index (χ3n) is 4.40. The van der Waals surface area contributed by atoms with Crippen molar-refractivity contribution in [3.05, 3.63) is 29.3 Å². The Morgan fingerprint density at radius 1 is 1.43 bits per heavy atom. The molecule has 0 spiro atoms. The molecule has 126 valence electrons. The molecule has 0 radical (unpaired) electrons. The van der Waals surface area contributed by atoms with E-state index in [1.165, 1.54) is 11.1 Å². The molecule has 5 nitrogen and oxygen atoms in total. The predicted molar refractivity (Wildman–Crippen MR) is 88.5 cm³/mol. The summed E-state index contributed by atoms with van der Waals surface area (Å²) in [7, 11) is 0. The zero-order valence-electron chi connectivity index (χ0n) is 14.0. The zero-order chi connectivity index (χ0) is 16.2. The number of ether oxygens (including phenoxy) is 2. The van der Waals surface area contributed by atoms with Gasteiger partial charge in [0.2, 0.25) is 5.91 Å². The highest BCUT2D eigenvalue weighted by Crippen LogP contribution is 2.26. The number of nitrogens with one attached hydrogen (secondary N) is 1. The lowest BCUT2D eigenvalue weighted by Crippen LogP contribution is -2.38. The first-order valence-electron chi connectivity index (χ1n) is 8.46. The topological polar surface area (TPSA) is 50.8 Å². The van der Waals surface area contributed by atoms with Crippen molar-refractivity contribution in [1.29, 1.82) is 0 Å². The molecule has 0 aromatic heterocycles. The summed E-state index contributed by atoms with van der Waals surface area (Å²) < 4.78 is 11.3. The van der Waals surface area contributed by atoms with Crippen molar-refractivity contribution in [3.8, 4) is 5.75 Å². The van der Waals surface area contributed by atoms with Crippen molar-refractivity contribution in [1.82, 2.24) is 10.2 Å². The number of rotatable bonds is 4. The average Bonchev–Trinajstić information content (AvgIpc) is 2.94. The molecule has 1 amide bonds. The summed E-state index contributed by atoms with van der Waals surface area (Å²) in [6.07, 6.45) is 1.57. The summed E-state index contributed by atoms with van der Waals surface area (Å²) >= 11 is 0. The van der Waals surface area contributed by atoms with Gasteiger partial charge in [0.25, 0.3) is 0 Å². The van der Waals surface area contributed by atoms with Crippen LogP contribution in [-0.2, 0) is 16.1 Å². The van der Waals surface area contributed by atoms with E-state index in [-0.39, 0.29) is 18.1 Å². The van der Waals surface area contributed by atoms with E-state index in [4.69, 9.17) is 9.47 Å². The lowest BCUT2D eigenvalue weighted by Gasteiger charge is -2.22. The van der Waals surface area contributed by atoms with Gasteiger partial charge in [-0.05, 0) is 26.3 Å². The monoisotopic (exact) mass is 318 g/mol. The molecule has 1 aromatic carbocycles. The molecular formula is C18H26N2O3. The van der Waals surface area contributed by atoms with Crippen LogP contribution in [0.3, 0.4) is 0 Å². The van der Waals surface area contributed by atoms with Gasteiger partial charge in [-0.25, -0.2) is 0 Å². The fourth-order valence-electron chi connectivity index (χ4n) is 3.25. The summed E-state index contributed by atoms with van der Waals surface area (Å²) in [6, 6.07) is 6.50. The highest BCUT2D eigenvalue weighted by atomic mass is 16.5. The minimum Gasteiger partial charge on any atom is -0.489 e. The average molecular weight is 318 g/mol. The molecule has 2 atom stereocenters. The summed E-state index contributed by atoms with van der Waals surface area (Å²) in [6.45, 7) is 8.00. The Labute approximate surface area is 137 Å². The van der Waals surface area contributed by atoms with Crippen LogP contribution in [0.1, 0.15) is 30.9 Å². The van der Waals surface area contributed by atoms with Crippen LogP contribution in [0.25, 0.3) is 0 Å². The summed E-state index contributed by atoms with van der Waals surface area (Å²) in [5.41, 5.74) is 2.44. The molecule has 23 heavy (non-hydrogen) atoms. The number of carbonyl (C=O) groups is 1. The molecule has 2 aliphatic rings. The Morgan fingerprint density at radius 3 is 3.09 bits per heavy atom. The lowest BCUT2D eigenvalue weighted by atomic mass is 10.1. The van der Waals surface area contributed by atoms with Crippen LogP contribution in [0.15, 0.2) is 18.2 Å². The maximum atomic E-state index is 12.1. The molecule has 0 aliphatic carbocycles. The van der Waals surface area contributed by atoms with Crippen molar-refractivity contribution in [3.63, 3.8) is 0 Å². The Morgan fingerprint density at radius 2 is 2.30 bits per heavy atom. The normalized spacial score (nSPS) is 24.6.